The molecule has 0 rings (SSSR count). The van der Waals surface area contributed by atoms with Gasteiger partial charge in [0.2, 0.25) is 0 Å². The van der Waals surface area contributed by atoms with Crippen LogP contribution in [-0.2, 0) is 4.52 Å². The molecule has 0 aliphatic heterocycles. The Labute approximate surface area is 143 Å². The van der Waals surface area contributed by atoms with E-state index in [0.717, 1.165) is 57.8 Å². The molecule has 0 aliphatic rings. The lowest BCUT2D eigenvalue weighted by Gasteiger charge is -2.28. The highest BCUT2D eigenvalue weighted by atomic mass is 31.2. The van der Waals surface area contributed by atoms with E-state index in [-0.39, 0.29) is 6.10 Å². The van der Waals surface area contributed by atoms with Gasteiger partial charge in [-0.25, -0.2) is 4.52 Å². The Hall–Kier alpha value is 0.150. The summed E-state index contributed by atoms with van der Waals surface area (Å²) in [6, 6.07) is 0. The Kier molecular flexibility index (Phi) is 15.8. The first-order chi connectivity index (χ1) is 11.1. The normalized spacial score (nSPS) is 12.3. The Morgan fingerprint density at radius 2 is 1.04 bits per heavy atom. The van der Waals surface area contributed by atoms with Gasteiger partial charge < -0.3 is 33.2 Å². The number of hydrogen-bond acceptors (Lipinski definition) is 7. The molecule has 0 atom stereocenters. The lowest BCUT2D eigenvalue weighted by Crippen LogP contribution is -2.34. The fourth-order valence-corrected chi connectivity index (χ4v) is 6.05. The van der Waals surface area contributed by atoms with E-state index in [9.17, 15) is 0 Å². The van der Waals surface area contributed by atoms with Crippen molar-refractivity contribution in [2.24, 2.45) is 17.2 Å². The third kappa shape index (κ3) is 13.2. The first-order valence-electron chi connectivity index (χ1n) is 8.87. The van der Waals surface area contributed by atoms with Gasteiger partial charge in [0.05, 0.1) is 24.6 Å². The van der Waals surface area contributed by atoms with Gasteiger partial charge in [0.1, 0.15) is 7.49 Å². The third-order valence-electron chi connectivity index (χ3n) is 3.49. The zero-order valence-electron chi connectivity index (χ0n) is 15.2. The number of nitrogens with two attached hydrogens (primary N) is 3. The summed E-state index contributed by atoms with van der Waals surface area (Å²) in [5.74, 6) is 0. The summed E-state index contributed by atoms with van der Waals surface area (Å²) in [5.41, 5.74) is 16.7. The molecule has 23 heavy (non-hydrogen) atoms. The molecule has 0 aromatic heterocycles. The second-order valence-corrected chi connectivity index (χ2v) is 9.67. The topological polar surface area (TPSA) is 123 Å². The van der Waals surface area contributed by atoms with Crippen molar-refractivity contribution in [1.82, 2.24) is 16.0 Å². The van der Waals surface area contributed by atoms with Crippen molar-refractivity contribution in [2.45, 2.75) is 20.0 Å². The minimum Gasteiger partial charge on any atom is -0.329 e. The summed E-state index contributed by atoms with van der Waals surface area (Å²) in [7, 11) is -1.48. The molecule has 9 N–H and O–H groups in total. The largest absolute Gasteiger partial charge is 0.329 e. The molecule has 7 nitrogen and oxygen atoms in total. The highest BCUT2D eigenvalue weighted by Gasteiger charge is 2.39. The molecule has 0 saturated carbocycles. The summed E-state index contributed by atoms with van der Waals surface area (Å²) in [5, 5.41) is 10.2. The summed E-state index contributed by atoms with van der Waals surface area (Å²) >= 11 is 0. The molecular formula is C15H40N6OP+. The van der Waals surface area contributed by atoms with Crippen LogP contribution in [0.4, 0.5) is 0 Å². The van der Waals surface area contributed by atoms with Crippen molar-refractivity contribution < 1.29 is 4.52 Å². The van der Waals surface area contributed by atoms with E-state index in [0.29, 0.717) is 19.6 Å². The Bertz CT molecular complexity index is 227. The quantitative estimate of drug-likeness (QED) is 0.147. The van der Waals surface area contributed by atoms with Gasteiger partial charge in [-0.2, -0.15) is 0 Å². The molecule has 0 spiro atoms. The first kappa shape index (κ1) is 23.1. The minimum absolute atomic E-state index is 0.252. The second kappa shape index (κ2) is 15.7. The van der Waals surface area contributed by atoms with E-state index in [2.05, 4.69) is 29.8 Å². The standard InChI is InChI=1S/C15H40N6OP/c1-15(2)22-23(12-9-19-6-3-16,13-10-20-7-4-17)14-11-21-8-5-18/h15,19-21H,3-14,16-18H2,1-2H3/q+1. The Morgan fingerprint density at radius 3 is 1.30 bits per heavy atom. The molecule has 0 aromatic carbocycles. The van der Waals surface area contributed by atoms with Crippen LogP contribution in [-0.4, -0.2) is 83.5 Å². The molecular weight excluding hydrogens is 311 g/mol. The lowest BCUT2D eigenvalue weighted by atomic mass is 10.5. The maximum Gasteiger partial charge on any atom is 0.149 e. The monoisotopic (exact) mass is 351 g/mol. The predicted octanol–water partition coefficient (Wildman–Crippen LogP) is -1.01. The molecule has 8 heteroatoms. The Morgan fingerprint density at radius 1 is 0.696 bits per heavy atom. The average Bonchev–Trinajstić information content (AvgIpc) is 2.52. The van der Waals surface area contributed by atoms with E-state index >= 15 is 0 Å². The fourth-order valence-electron chi connectivity index (χ4n) is 2.47. The van der Waals surface area contributed by atoms with E-state index in [1.54, 1.807) is 0 Å². The highest BCUT2D eigenvalue weighted by molar-refractivity contribution is 7.71. The average molecular weight is 352 g/mol. The zero-order chi connectivity index (χ0) is 17.4. The van der Waals surface area contributed by atoms with Crippen molar-refractivity contribution in [3.8, 4) is 0 Å². The number of nitrogens with one attached hydrogen (secondary N) is 3. The zero-order valence-corrected chi connectivity index (χ0v) is 16.0. The van der Waals surface area contributed by atoms with Gasteiger partial charge in [-0.1, -0.05) is 0 Å². The van der Waals surface area contributed by atoms with E-state index in [1.165, 1.54) is 0 Å². The lowest BCUT2D eigenvalue weighted by molar-refractivity contribution is 0.259. The van der Waals surface area contributed by atoms with Crippen LogP contribution in [0.3, 0.4) is 0 Å². The molecule has 0 aliphatic carbocycles. The summed E-state index contributed by atoms with van der Waals surface area (Å²) in [6.07, 6.45) is 3.50. The maximum atomic E-state index is 6.48. The van der Waals surface area contributed by atoms with Gasteiger partial charge in [0.25, 0.3) is 0 Å². The van der Waals surface area contributed by atoms with E-state index in [1.807, 2.05) is 0 Å². The van der Waals surface area contributed by atoms with Crippen molar-refractivity contribution >= 4 is 7.49 Å². The SMILES string of the molecule is CC(C)O[P+](CCNCCN)(CCNCCN)CCNCCN. The summed E-state index contributed by atoms with van der Waals surface area (Å²) < 4.78 is 6.48. The molecule has 0 aromatic rings. The second-order valence-electron chi connectivity index (χ2n) is 6.00. The van der Waals surface area contributed by atoms with E-state index < -0.39 is 7.49 Å². The molecule has 140 valence electrons. The van der Waals surface area contributed by atoms with Crippen LogP contribution in [0.25, 0.3) is 0 Å². The minimum atomic E-state index is -1.48. The third-order valence-corrected chi connectivity index (χ3v) is 7.47. The molecule has 0 saturated heterocycles. The van der Waals surface area contributed by atoms with Crippen LogP contribution < -0.4 is 33.2 Å². The van der Waals surface area contributed by atoms with Crippen molar-refractivity contribution in [3.05, 3.63) is 0 Å². The smallest absolute Gasteiger partial charge is 0.149 e. The molecule has 0 bridgehead atoms. The van der Waals surface area contributed by atoms with Crippen LogP contribution in [0.2, 0.25) is 0 Å². The highest BCUT2D eigenvalue weighted by Crippen LogP contribution is 2.59. The van der Waals surface area contributed by atoms with Gasteiger partial charge >= 0.3 is 0 Å². The van der Waals surface area contributed by atoms with Crippen LogP contribution in [0, 0.1) is 0 Å². The first-order valence-corrected chi connectivity index (χ1v) is 11.1. The van der Waals surface area contributed by atoms with Gasteiger partial charge in [-0.3, -0.25) is 0 Å². The van der Waals surface area contributed by atoms with Crippen LogP contribution in [0.5, 0.6) is 0 Å². The van der Waals surface area contributed by atoms with Crippen LogP contribution in [0.15, 0.2) is 0 Å². The van der Waals surface area contributed by atoms with Crippen molar-refractivity contribution in [1.29, 1.82) is 0 Å². The maximum absolute atomic E-state index is 6.48. The van der Waals surface area contributed by atoms with Crippen LogP contribution in [0.1, 0.15) is 13.8 Å². The fraction of sp³-hybridized carbons (Fsp3) is 1.00. The van der Waals surface area contributed by atoms with Gasteiger partial charge in [0, 0.05) is 58.9 Å². The van der Waals surface area contributed by atoms with Crippen molar-refractivity contribution in [2.75, 3.05) is 77.4 Å². The summed E-state index contributed by atoms with van der Waals surface area (Å²) in [6.45, 7) is 11.7. The predicted molar refractivity (Wildman–Crippen MR) is 104 cm³/mol. The summed E-state index contributed by atoms with van der Waals surface area (Å²) in [4.78, 5) is 0. The van der Waals surface area contributed by atoms with Gasteiger partial charge in [-0.15, -0.1) is 0 Å². The molecule has 0 unspecified atom stereocenters. The molecule has 0 amide bonds. The van der Waals surface area contributed by atoms with Gasteiger partial charge in [0.15, 0.2) is 0 Å². The van der Waals surface area contributed by atoms with Crippen molar-refractivity contribution in [3.63, 3.8) is 0 Å². The molecule has 0 fully saturated rings. The van der Waals surface area contributed by atoms with Gasteiger partial charge in [-0.05, 0) is 13.8 Å². The number of rotatable bonds is 17. The Balaban J connectivity index is 4.58. The van der Waals surface area contributed by atoms with Crippen LogP contribution >= 0.6 is 7.49 Å². The number of hydrogen-bond donors (Lipinski definition) is 6. The molecule has 0 radical (unpaired) electrons. The molecule has 0 heterocycles. The van der Waals surface area contributed by atoms with E-state index in [4.69, 9.17) is 21.7 Å².